The summed E-state index contributed by atoms with van der Waals surface area (Å²) in [7, 11) is 0. The molecule has 5 heteroatoms. The smallest absolute Gasteiger partial charge is 0.162 e. The molecule has 5 rings (SSSR count). The number of nitrogens with zero attached hydrogens (tertiary/aromatic N) is 3. The van der Waals surface area contributed by atoms with E-state index in [1.165, 1.54) is 15.6 Å². The Labute approximate surface area is 167 Å². The van der Waals surface area contributed by atoms with Crippen molar-refractivity contribution in [3.8, 4) is 28.0 Å². The number of ether oxygens (including phenoxy) is 1. The summed E-state index contributed by atoms with van der Waals surface area (Å²) in [6.45, 7) is 4.05. The Morgan fingerprint density at radius 3 is 2.57 bits per heavy atom. The summed E-state index contributed by atoms with van der Waals surface area (Å²) >= 11 is 1.75. The third-order valence-corrected chi connectivity index (χ3v) is 5.65. The van der Waals surface area contributed by atoms with Gasteiger partial charge in [-0.2, -0.15) is 5.10 Å². The van der Waals surface area contributed by atoms with Crippen LogP contribution in [0, 0.1) is 0 Å². The summed E-state index contributed by atoms with van der Waals surface area (Å²) in [4.78, 5) is 4.72. The van der Waals surface area contributed by atoms with Crippen LogP contribution in [-0.2, 0) is 0 Å². The van der Waals surface area contributed by atoms with Crippen molar-refractivity contribution >= 4 is 27.1 Å². The van der Waals surface area contributed by atoms with Crippen LogP contribution in [-0.4, -0.2) is 20.7 Å². The highest BCUT2D eigenvalue weighted by Gasteiger charge is 2.13. The Bertz CT molecular complexity index is 1270. The van der Waals surface area contributed by atoms with Crippen molar-refractivity contribution in [1.29, 1.82) is 0 Å². The summed E-state index contributed by atoms with van der Waals surface area (Å²) in [5, 5.41) is 7.99. The van der Waals surface area contributed by atoms with Crippen molar-refractivity contribution in [2.75, 3.05) is 0 Å². The number of aromatic nitrogens is 3. The second-order valence-electron chi connectivity index (χ2n) is 7.01. The minimum Gasteiger partial charge on any atom is -0.491 e. The molecule has 0 fully saturated rings. The second-order valence-corrected chi connectivity index (χ2v) is 7.92. The van der Waals surface area contributed by atoms with Gasteiger partial charge in [-0.25, -0.2) is 9.50 Å². The highest BCUT2D eigenvalue weighted by Crippen LogP contribution is 2.35. The zero-order valence-corrected chi connectivity index (χ0v) is 16.5. The lowest BCUT2D eigenvalue weighted by Crippen LogP contribution is -2.05. The molecule has 28 heavy (non-hydrogen) atoms. The van der Waals surface area contributed by atoms with Crippen LogP contribution in [0.3, 0.4) is 0 Å². The van der Waals surface area contributed by atoms with Crippen LogP contribution >= 0.6 is 11.3 Å². The van der Waals surface area contributed by atoms with Gasteiger partial charge in [0, 0.05) is 39.2 Å². The molecule has 0 saturated carbocycles. The van der Waals surface area contributed by atoms with Crippen molar-refractivity contribution in [2.24, 2.45) is 0 Å². The molecule has 138 valence electrons. The van der Waals surface area contributed by atoms with Crippen LogP contribution in [0.1, 0.15) is 13.8 Å². The largest absolute Gasteiger partial charge is 0.491 e. The van der Waals surface area contributed by atoms with E-state index in [0.29, 0.717) is 0 Å². The number of rotatable bonds is 4. The van der Waals surface area contributed by atoms with Crippen LogP contribution < -0.4 is 4.74 Å². The molecule has 0 saturated heterocycles. The predicted molar refractivity (Wildman–Crippen MR) is 115 cm³/mol. The average molecular weight is 385 g/mol. The lowest BCUT2D eigenvalue weighted by atomic mass is 10.1. The van der Waals surface area contributed by atoms with E-state index in [1.54, 1.807) is 11.3 Å². The van der Waals surface area contributed by atoms with E-state index in [0.717, 1.165) is 28.1 Å². The van der Waals surface area contributed by atoms with Gasteiger partial charge in [0.05, 0.1) is 12.3 Å². The van der Waals surface area contributed by atoms with E-state index >= 15 is 0 Å². The fraction of sp³-hybridized carbons (Fsp3) is 0.130. The van der Waals surface area contributed by atoms with E-state index < -0.39 is 0 Å². The van der Waals surface area contributed by atoms with E-state index in [1.807, 2.05) is 49.1 Å². The number of hydrogen-bond acceptors (Lipinski definition) is 4. The van der Waals surface area contributed by atoms with Crippen LogP contribution in [0.4, 0.5) is 0 Å². The summed E-state index contributed by atoms with van der Waals surface area (Å²) < 4.78 is 8.85. The zero-order valence-electron chi connectivity index (χ0n) is 15.7. The maximum absolute atomic E-state index is 5.72. The van der Waals surface area contributed by atoms with Crippen LogP contribution in [0.5, 0.6) is 5.75 Å². The first kappa shape index (κ1) is 17.0. The van der Waals surface area contributed by atoms with Gasteiger partial charge in [0.2, 0.25) is 0 Å². The van der Waals surface area contributed by atoms with Gasteiger partial charge < -0.3 is 4.74 Å². The molecule has 0 unspecified atom stereocenters. The third kappa shape index (κ3) is 2.94. The Hall–Kier alpha value is -3.18. The molecule has 0 bridgehead atoms. The first-order chi connectivity index (χ1) is 13.7. The monoisotopic (exact) mass is 385 g/mol. The lowest BCUT2D eigenvalue weighted by Gasteiger charge is -2.10. The summed E-state index contributed by atoms with van der Waals surface area (Å²) in [6, 6.07) is 16.5. The zero-order chi connectivity index (χ0) is 19.1. The van der Waals surface area contributed by atoms with Crippen molar-refractivity contribution in [3.63, 3.8) is 0 Å². The lowest BCUT2D eigenvalue weighted by molar-refractivity contribution is 0.242. The quantitative estimate of drug-likeness (QED) is 0.377. The van der Waals surface area contributed by atoms with Gasteiger partial charge in [0.1, 0.15) is 5.75 Å². The molecule has 0 aliphatic rings. The molecule has 0 radical (unpaired) electrons. The van der Waals surface area contributed by atoms with Gasteiger partial charge in [-0.05, 0) is 43.0 Å². The van der Waals surface area contributed by atoms with Crippen LogP contribution in [0.15, 0.2) is 72.5 Å². The van der Waals surface area contributed by atoms with Crippen LogP contribution in [0.2, 0.25) is 0 Å². The fourth-order valence-electron chi connectivity index (χ4n) is 3.40. The van der Waals surface area contributed by atoms with E-state index in [2.05, 4.69) is 46.9 Å². The van der Waals surface area contributed by atoms with Crippen molar-refractivity contribution < 1.29 is 4.74 Å². The number of fused-ring (bicyclic) bond motifs is 2. The maximum atomic E-state index is 5.72. The molecule has 0 aliphatic heterocycles. The molecule has 5 aromatic rings. The normalized spacial score (nSPS) is 11.5. The Morgan fingerprint density at radius 1 is 0.929 bits per heavy atom. The van der Waals surface area contributed by atoms with Gasteiger partial charge in [-0.15, -0.1) is 11.3 Å². The number of hydrogen-bond donors (Lipinski definition) is 0. The van der Waals surface area contributed by atoms with Gasteiger partial charge >= 0.3 is 0 Å². The minimum absolute atomic E-state index is 0.166. The SMILES string of the molecule is CC(C)Oc1ccc(-c2cnc3c(-c4csc5ccccc45)cnn3c2)cc1. The van der Waals surface area contributed by atoms with Gasteiger partial charge in [-0.1, -0.05) is 30.3 Å². The van der Waals surface area contributed by atoms with Gasteiger partial charge in [-0.3, -0.25) is 0 Å². The molecular weight excluding hydrogens is 366 g/mol. The second kappa shape index (κ2) is 6.77. The Kier molecular flexibility index (Phi) is 4.10. The van der Waals surface area contributed by atoms with E-state index in [4.69, 9.17) is 9.72 Å². The average Bonchev–Trinajstić information content (AvgIpc) is 3.31. The standard InChI is InChI=1S/C23H19N3OS/c1-15(2)27-18-9-7-16(8-10-18)17-11-24-23-20(12-25-26(23)13-17)21-14-28-22-6-4-3-5-19(21)22/h3-15H,1-2H3. The Morgan fingerprint density at radius 2 is 1.75 bits per heavy atom. The van der Waals surface area contributed by atoms with Crippen molar-refractivity contribution in [2.45, 2.75) is 20.0 Å². The molecule has 0 N–H and O–H groups in total. The summed E-state index contributed by atoms with van der Waals surface area (Å²) in [5.41, 5.74) is 5.22. The van der Waals surface area contributed by atoms with Crippen molar-refractivity contribution in [3.05, 3.63) is 72.5 Å². The molecule has 3 heterocycles. The molecule has 3 aromatic heterocycles. The maximum Gasteiger partial charge on any atom is 0.162 e. The fourth-order valence-corrected chi connectivity index (χ4v) is 4.36. The van der Waals surface area contributed by atoms with Gasteiger partial charge in [0.15, 0.2) is 5.65 Å². The first-order valence-corrected chi connectivity index (χ1v) is 10.1. The highest BCUT2D eigenvalue weighted by atomic mass is 32.1. The molecule has 0 aliphatic carbocycles. The molecule has 0 spiro atoms. The highest BCUT2D eigenvalue weighted by molar-refractivity contribution is 7.17. The topological polar surface area (TPSA) is 39.4 Å². The minimum atomic E-state index is 0.166. The first-order valence-electron chi connectivity index (χ1n) is 9.26. The third-order valence-electron chi connectivity index (χ3n) is 4.69. The molecular formula is C23H19N3OS. The molecule has 2 aromatic carbocycles. The summed E-state index contributed by atoms with van der Waals surface area (Å²) in [6.07, 6.45) is 6.01. The molecule has 4 nitrogen and oxygen atoms in total. The molecule has 0 amide bonds. The van der Waals surface area contributed by atoms with E-state index in [9.17, 15) is 0 Å². The summed E-state index contributed by atoms with van der Waals surface area (Å²) in [5.74, 6) is 0.874. The molecule has 0 atom stereocenters. The van der Waals surface area contributed by atoms with Crippen LogP contribution in [0.25, 0.3) is 38.0 Å². The van der Waals surface area contributed by atoms with Crippen molar-refractivity contribution in [1.82, 2.24) is 14.6 Å². The van der Waals surface area contributed by atoms with Gasteiger partial charge in [0.25, 0.3) is 0 Å². The number of thiophene rings is 1. The van der Waals surface area contributed by atoms with E-state index in [-0.39, 0.29) is 6.10 Å². The Balaban J connectivity index is 1.53. The number of benzene rings is 2. The predicted octanol–water partition coefficient (Wildman–Crippen LogP) is 6.07.